The van der Waals surface area contributed by atoms with E-state index in [0.29, 0.717) is 23.4 Å². The van der Waals surface area contributed by atoms with Crippen molar-refractivity contribution in [3.63, 3.8) is 0 Å². The lowest BCUT2D eigenvalue weighted by molar-refractivity contribution is 0.539. The number of hydrogen-bond donors (Lipinski definition) is 2. The zero-order valence-electron chi connectivity index (χ0n) is 18.4. The quantitative estimate of drug-likeness (QED) is 0.315. The number of benzene rings is 3. The molecule has 0 amide bonds. The summed E-state index contributed by atoms with van der Waals surface area (Å²) in [5, 5.41) is 0. The van der Waals surface area contributed by atoms with Crippen LogP contribution in [-0.2, 0) is 0 Å². The lowest BCUT2D eigenvalue weighted by Crippen LogP contribution is -2.08. The molecule has 2 aromatic heterocycles. The third-order valence-corrected chi connectivity index (χ3v) is 6.65. The molecular weight excluding hydrogens is 432 g/mol. The maximum atomic E-state index is 14.6. The molecule has 1 aliphatic carbocycles. The number of halogens is 2. The molecule has 0 atom stereocenters. The predicted octanol–water partition coefficient (Wildman–Crippen LogP) is 6.74. The van der Waals surface area contributed by atoms with Crippen molar-refractivity contribution in [2.24, 2.45) is 0 Å². The Bertz CT molecular complexity index is 1480. The Morgan fingerprint density at radius 2 is 1.59 bits per heavy atom. The van der Waals surface area contributed by atoms with Gasteiger partial charge in [0.2, 0.25) is 5.95 Å². The molecule has 0 bridgehead atoms. The topological polar surface area (TPSA) is 72.5 Å². The minimum Gasteiger partial charge on any atom is -0.369 e. The Balaban J connectivity index is 1.56. The van der Waals surface area contributed by atoms with Gasteiger partial charge in [-0.05, 0) is 37.1 Å². The maximum absolute atomic E-state index is 14.6. The normalized spacial score (nSPS) is 14.3. The van der Waals surface area contributed by atoms with Crippen molar-refractivity contribution >= 4 is 17.0 Å². The van der Waals surface area contributed by atoms with Gasteiger partial charge in [-0.2, -0.15) is 0 Å². The molecule has 5 nitrogen and oxygen atoms in total. The van der Waals surface area contributed by atoms with Crippen LogP contribution in [0, 0.1) is 11.6 Å². The third kappa shape index (κ3) is 3.36. The second kappa shape index (κ2) is 8.09. The van der Waals surface area contributed by atoms with E-state index < -0.39 is 11.6 Å². The molecular formula is C27H23F2N5. The van der Waals surface area contributed by atoms with Crippen molar-refractivity contribution in [2.45, 2.75) is 31.7 Å². The van der Waals surface area contributed by atoms with Gasteiger partial charge in [0.25, 0.3) is 0 Å². The van der Waals surface area contributed by atoms with Gasteiger partial charge >= 0.3 is 0 Å². The number of imidazole rings is 2. The monoisotopic (exact) mass is 455 g/mol. The molecule has 0 spiro atoms. The van der Waals surface area contributed by atoms with Crippen molar-refractivity contribution in [3.05, 3.63) is 78.4 Å². The van der Waals surface area contributed by atoms with Crippen LogP contribution < -0.4 is 5.73 Å². The molecule has 7 heteroatoms. The van der Waals surface area contributed by atoms with Gasteiger partial charge in [0.1, 0.15) is 17.5 Å². The van der Waals surface area contributed by atoms with Crippen LogP contribution in [0.4, 0.5) is 14.7 Å². The Hall–Kier alpha value is -4.00. The number of nitrogens with zero attached hydrogens (tertiary/aromatic N) is 3. The summed E-state index contributed by atoms with van der Waals surface area (Å²) in [5.41, 5.74) is 10.9. The molecule has 2 heterocycles. The van der Waals surface area contributed by atoms with E-state index in [4.69, 9.17) is 10.7 Å². The first-order valence-corrected chi connectivity index (χ1v) is 11.5. The Labute approximate surface area is 195 Å². The summed E-state index contributed by atoms with van der Waals surface area (Å²) in [5.74, 6) is -0.670. The molecule has 3 aromatic carbocycles. The van der Waals surface area contributed by atoms with Crippen molar-refractivity contribution in [2.75, 3.05) is 5.73 Å². The Morgan fingerprint density at radius 1 is 0.853 bits per heavy atom. The van der Waals surface area contributed by atoms with Crippen molar-refractivity contribution in [1.29, 1.82) is 0 Å². The first kappa shape index (κ1) is 20.6. The molecule has 3 N–H and O–H groups in total. The lowest BCUT2D eigenvalue weighted by Gasteiger charge is -2.14. The summed E-state index contributed by atoms with van der Waals surface area (Å²) in [7, 11) is 0. The smallest absolute Gasteiger partial charge is 0.201 e. The predicted molar refractivity (Wildman–Crippen MR) is 130 cm³/mol. The first-order valence-electron chi connectivity index (χ1n) is 11.5. The summed E-state index contributed by atoms with van der Waals surface area (Å²) in [6.45, 7) is 0. The molecule has 0 saturated heterocycles. The average molecular weight is 456 g/mol. The number of nitrogens with one attached hydrogen (secondary N) is 1. The van der Waals surface area contributed by atoms with Crippen molar-refractivity contribution in [1.82, 2.24) is 19.5 Å². The minimum absolute atomic E-state index is 0.147. The van der Waals surface area contributed by atoms with Crippen molar-refractivity contribution < 1.29 is 8.78 Å². The van der Waals surface area contributed by atoms with E-state index in [1.54, 1.807) is 0 Å². The minimum atomic E-state index is -0.664. The van der Waals surface area contributed by atoms with Gasteiger partial charge in [-0.15, -0.1) is 0 Å². The number of hydrogen-bond acceptors (Lipinski definition) is 3. The maximum Gasteiger partial charge on any atom is 0.201 e. The molecule has 1 aliphatic rings. The highest BCUT2D eigenvalue weighted by Crippen LogP contribution is 2.38. The molecule has 5 aromatic rings. The van der Waals surface area contributed by atoms with E-state index in [-0.39, 0.29) is 11.4 Å². The van der Waals surface area contributed by atoms with Gasteiger partial charge in [0.05, 0.1) is 28.0 Å². The Kier molecular flexibility index (Phi) is 4.90. The van der Waals surface area contributed by atoms with Crippen LogP contribution in [0.3, 0.4) is 0 Å². The van der Waals surface area contributed by atoms with E-state index in [1.807, 2.05) is 48.5 Å². The van der Waals surface area contributed by atoms with Crippen LogP contribution in [0.1, 0.15) is 31.7 Å². The summed E-state index contributed by atoms with van der Waals surface area (Å²) in [6, 6.07) is 19.7. The molecule has 6 rings (SSSR count). The number of aromatic amines is 1. The fourth-order valence-corrected chi connectivity index (χ4v) is 5.04. The van der Waals surface area contributed by atoms with Gasteiger partial charge in [0, 0.05) is 17.2 Å². The fraction of sp³-hybridized carbons (Fsp3) is 0.185. The zero-order valence-corrected chi connectivity index (χ0v) is 18.4. The summed E-state index contributed by atoms with van der Waals surface area (Å²) < 4.78 is 31.3. The summed E-state index contributed by atoms with van der Waals surface area (Å²) in [4.78, 5) is 12.4. The second-order valence-electron chi connectivity index (χ2n) is 8.75. The number of nitrogen functional groups attached to an aromatic ring is 1. The fourth-order valence-electron chi connectivity index (χ4n) is 5.04. The van der Waals surface area contributed by atoms with Crippen LogP contribution in [-0.4, -0.2) is 19.5 Å². The highest BCUT2D eigenvalue weighted by atomic mass is 19.1. The molecule has 0 aliphatic heterocycles. The summed E-state index contributed by atoms with van der Waals surface area (Å²) in [6.07, 6.45) is 4.51. The SMILES string of the molecule is Nc1nc2ccc(-c3nc(-c4c(F)cccc4F)[nH]c3-c3ccccc3)cc2n1C1CCCC1. The van der Waals surface area contributed by atoms with Gasteiger partial charge < -0.3 is 15.3 Å². The van der Waals surface area contributed by atoms with Gasteiger partial charge in [-0.1, -0.05) is 55.3 Å². The van der Waals surface area contributed by atoms with Crippen LogP contribution in [0.25, 0.3) is 44.9 Å². The molecule has 0 radical (unpaired) electrons. The number of anilines is 1. The average Bonchev–Trinajstić information content (AvgIpc) is 3.57. The molecule has 170 valence electrons. The number of aromatic nitrogens is 4. The highest BCUT2D eigenvalue weighted by Gasteiger charge is 2.24. The third-order valence-electron chi connectivity index (χ3n) is 6.65. The van der Waals surface area contributed by atoms with E-state index in [1.165, 1.54) is 31.0 Å². The molecule has 0 unspecified atom stereocenters. The van der Waals surface area contributed by atoms with E-state index in [0.717, 1.165) is 35.0 Å². The van der Waals surface area contributed by atoms with Crippen LogP contribution in [0.15, 0.2) is 66.7 Å². The Morgan fingerprint density at radius 3 is 2.32 bits per heavy atom. The molecule has 1 saturated carbocycles. The number of nitrogens with two attached hydrogens (primary N) is 1. The van der Waals surface area contributed by atoms with E-state index in [2.05, 4.69) is 14.5 Å². The first-order chi connectivity index (χ1) is 16.6. The van der Waals surface area contributed by atoms with Gasteiger partial charge in [0.15, 0.2) is 0 Å². The highest BCUT2D eigenvalue weighted by molar-refractivity contribution is 5.88. The van der Waals surface area contributed by atoms with Crippen LogP contribution >= 0.6 is 0 Å². The lowest BCUT2D eigenvalue weighted by atomic mass is 10.0. The zero-order chi connectivity index (χ0) is 23.2. The number of rotatable bonds is 4. The van der Waals surface area contributed by atoms with Crippen LogP contribution in [0.2, 0.25) is 0 Å². The van der Waals surface area contributed by atoms with Gasteiger partial charge in [-0.25, -0.2) is 18.7 Å². The molecule has 1 fully saturated rings. The number of H-pyrrole nitrogens is 1. The van der Waals surface area contributed by atoms with Gasteiger partial charge in [-0.3, -0.25) is 0 Å². The largest absolute Gasteiger partial charge is 0.369 e. The van der Waals surface area contributed by atoms with E-state index in [9.17, 15) is 8.78 Å². The summed E-state index contributed by atoms with van der Waals surface area (Å²) >= 11 is 0. The van der Waals surface area contributed by atoms with E-state index >= 15 is 0 Å². The number of fused-ring (bicyclic) bond motifs is 1. The van der Waals surface area contributed by atoms with Crippen molar-refractivity contribution in [3.8, 4) is 33.9 Å². The molecule has 34 heavy (non-hydrogen) atoms. The van der Waals surface area contributed by atoms with Crippen LogP contribution in [0.5, 0.6) is 0 Å². The standard InChI is InChI=1S/C27H23F2N5/c28-19-11-6-12-20(29)23(19)26-32-24(16-7-2-1-3-8-16)25(33-26)17-13-14-21-22(15-17)34(27(30)31-21)18-9-4-5-10-18/h1-3,6-8,11-15,18H,4-5,9-10H2,(H2,30,31)(H,32,33). The second-order valence-corrected chi connectivity index (χ2v) is 8.75.